The van der Waals surface area contributed by atoms with E-state index in [1.165, 1.54) is 36.4 Å². The number of rotatable bonds is 5. The maximum absolute atomic E-state index is 13.3. The van der Waals surface area contributed by atoms with Crippen LogP contribution in [0.4, 0.5) is 5.69 Å². The molecule has 3 aromatic carbocycles. The molecule has 0 bridgehead atoms. The van der Waals surface area contributed by atoms with Crippen molar-refractivity contribution < 1.29 is 19.3 Å². The number of hydrogen-bond acceptors (Lipinski definition) is 5. The first-order chi connectivity index (χ1) is 14.9. The van der Waals surface area contributed by atoms with E-state index >= 15 is 0 Å². The van der Waals surface area contributed by atoms with Crippen molar-refractivity contribution in [1.82, 2.24) is 10.0 Å². The summed E-state index contributed by atoms with van der Waals surface area (Å²) in [5.41, 5.74) is 1.06. The highest BCUT2D eigenvalue weighted by Gasteiger charge is 2.41. The third-order valence-electron chi connectivity index (χ3n) is 4.82. The van der Waals surface area contributed by atoms with E-state index in [2.05, 4.69) is 15.9 Å². The zero-order valence-electron chi connectivity index (χ0n) is 15.9. The maximum Gasteiger partial charge on any atom is 0.280 e. The third kappa shape index (κ3) is 3.82. The van der Waals surface area contributed by atoms with Crippen LogP contribution in [0, 0.1) is 10.1 Å². The number of nitro benzene ring substituents is 1. The van der Waals surface area contributed by atoms with E-state index in [1.54, 1.807) is 36.4 Å². The highest BCUT2D eigenvalue weighted by Crippen LogP contribution is 2.27. The number of nitrogens with zero attached hydrogens (tertiary/aromatic N) is 3. The number of hydrazine groups is 1. The van der Waals surface area contributed by atoms with Gasteiger partial charge in [-0.15, -0.1) is 0 Å². The standard InChI is InChI=1S/C22H14BrN3O5/c23-16-9-5-14(6-10-16)13-24(20(27)15-7-11-17(12-8-15)26(30)31)25-21(28)18-3-1-2-4-19(18)22(25)29/h1-12H,13H2. The monoisotopic (exact) mass is 479 g/mol. The van der Waals surface area contributed by atoms with Crippen LogP contribution in [-0.2, 0) is 6.54 Å². The Morgan fingerprint density at radius 2 is 1.45 bits per heavy atom. The topological polar surface area (TPSA) is 101 Å². The predicted octanol–water partition coefficient (Wildman–Crippen LogP) is 4.21. The fraction of sp³-hybridized carbons (Fsp3) is 0.0455. The minimum atomic E-state index is -0.632. The first-order valence-corrected chi connectivity index (χ1v) is 9.94. The summed E-state index contributed by atoms with van der Waals surface area (Å²) in [5.74, 6) is -1.84. The van der Waals surface area contributed by atoms with Gasteiger partial charge in [0.05, 0.1) is 22.6 Å². The van der Waals surface area contributed by atoms with Crippen molar-refractivity contribution in [3.8, 4) is 0 Å². The summed E-state index contributed by atoms with van der Waals surface area (Å²) < 4.78 is 0.838. The zero-order chi connectivity index (χ0) is 22.1. The number of halogens is 1. The normalized spacial score (nSPS) is 12.6. The summed E-state index contributed by atoms with van der Waals surface area (Å²) in [6.07, 6.45) is 0. The van der Waals surface area contributed by atoms with Crippen molar-refractivity contribution in [2.75, 3.05) is 0 Å². The summed E-state index contributed by atoms with van der Waals surface area (Å²) in [7, 11) is 0. The van der Waals surface area contributed by atoms with Crippen molar-refractivity contribution in [3.63, 3.8) is 0 Å². The summed E-state index contributed by atoms with van der Waals surface area (Å²) in [6.45, 7) is -0.0471. The molecule has 0 unspecified atom stereocenters. The molecule has 1 heterocycles. The number of amides is 3. The highest BCUT2D eigenvalue weighted by atomic mass is 79.9. The average molecular weight is 480 g/mol. The number of imide groups is 1. The Morgan fingerprint density at radius 3 is 1.97 bits per heavy atom. The molecule has 1 aliphatic rings. The van der Waals surface area contributed by atoms with Crippen molar-refractivity contribution >= 4 is 39.3 Å². The minimum Gasteiger partial charge on any atom is -0.267 e. The van der Waals surface area contributed by atoms with Crippen LogP contribution in [0.15, 0.2) is 77.3 Å². The Balaban J connectivity index is 1.73. The number of hydrogen-bond donors (Lipinski definition) is 0. The molecule has 0 N–H and O–H groups in total. The summed E-state index contributed by atoms with van der Waals surface area (Å²) in [5, 5.41) is 12.8. The number of benzene rings is 3. The number of carbonyl (C=O) groups is 3. The van der Waals surface area contributed by atoms with E-state index in [-0.39, 0.29) is 28.9 Å². The Kier molecular flexibility index (Phi) is 5.35. The molecule has 4 rings (SSSR count). The fourth-order valence-corrected chi connectivity index (χ4v) is 3.53. The first-order valence-electron chi connectivity index (χ1n) is 9.15. The van der Waals surface area contributed by atoms with Gasteiger partial charge in [0.15, 0.2) is 0 Å². The lowest BCUT2D eigenvalue weighted by atomic mass is 10.1. The van der Waals surface area contributed by atoms with Gasteiger partial charge >= 0.3 is 0 Å². The highest BCUT2D eigenvalue weighted by molar-refractivity contribution is 9.10. The molecule has 9 heteroatoms. The Morgan fingerprint density at radius 1 is 0.903 bits per heavy atom. The number of nitro groups is 1. The van der Waals surface area contributed by atoms with Crippen LogP contribution in [-0.4, -0.2) is 32.7 Å². The zero-order valence-corrected chi connectivity index (χ0v) is 17.5. The van der Waals surface area contributed by atoms with Crippen molar-refractivity contribution in [2.45, 2.75) is 6.54 Å². The molecular formula is C22H14BrN3O5. The molecular weight excluding hydrogens is 466 g/mol. The number of fused-ring (bicyclic) bond motifs is 1. The Hall–Kier alpha value is -3.85. The largest absolute Gasteiger partial charge is 0.280 e. The molecule has 8 nitrogen and oxygen atoms in total. The molecule has 0 radical (unpaired) electrons. The predicted molar refractivity (Wildman–Crippen MR) is 114 cm³/mol. The molecule has 3 aromatic rings. The van der Waals surface area contributed by atoms with Gasteiger partial charge in [0, 0.05) is 22.2 Å². The van der Waals surface area contributed by atoms with Crippen molar-refractivity contribution in [2.24, 2.45) is 0 Å². The van der Waals surface area contributed by atoms with Gasteiger partial charge in [-0.2, -0.15) is 5.01 Å². The molecule has 0 fully saturated rings. The van der Waals surface area contributed by atoms with Crippen LogP contribution in [0.1, 0.15) is 36.6 Å². The first kappa shape index (κ1) is 20.4. The number of non-ortho nitro benzene ring substituents is 1. The van der Waals surface area contributed by atoms with Gasteiger partial charge in [0.2, 0.25) is 0 Å². The smallest absolute Gasteiger partial charge is 0.267 e. The number of carbonyl (C=O) groups excluding carboxylic acids is 3. The van der Waals surface area contributed by atoms with Gasteiger partial charge in [-0.05, 0) is 42.0 Å². The molecule has 0 aromatic heterocycles. The summed E-state index contributed by atoms with van der Waals surface area (Å²) in [6, 6.07) is 18.4. The van der Waals surface area contributed by atoms with Crippen LogP contribution in [0.3, 0.4) is 0 Å². The lowest BCUT2D eigenvalue weighted by Crippen LogP contribution is -2.49. The van der Waals surface area contributed by atoms with E-state index in [0.29, 0.717) is 5.56 Å². The van der Waals surface area contributed by atoms with Crippen LogP contribution >= 0.6 is 15.9 Å². The molecule has 154 valence electrons. The van der Waals surface area contributed by atoms with Crippen molar-refractivity contribution in [1.29, 1.82) is 0 Å². The lowest BCUT2D eigenvalue weighted by Gasteiger charge is -2.30. The molecule has 0 saturated heterocycles. The van der Waals surface area contributed by atoms with Gasteiger partial charge < -0.3 is 0 Å². The van der Waals surface area contributed by atoms with Crippen LogP contribution in [0.25, 0.3) is 0 Å². The van der Waals surface area contributed by atoms with Gasteiger partial charge in [0.1, 0.15) is 0 Å². The van der Waals surface area contributed by atoms with E-state index in [9.17, 15) is 24.5 Å². The molecule has 31 heavy (non-hydrogen) atoms. The van der Waals surface area contributed by atoms with E-state index in [4.69, 9.17) is 0 Å². The van der Waals surface area contributed by atoms with Gasteiger partial charge in [0.25, 0.3) is 23.4 Å². The maximum atomic E-state index is 13.3. The third-order valence-corrected chi connectivity index (χ3v) is 5.35. The SMILES string of the molecule is O=C(c1ccc([N+](=O)[O-])cc1)N(Cc1ccc(Br)cc1)N1C(=O)c2ccccc2C1=O. The molecule has 1 aliphatic heterocycles. The van der Waals surface area contributed by atoms with E-state index < -0.39 is 22.6 Å². The van der Waals surface area contributed by atoms with E-state index in [0.717, 1.165) is 14.5 Å². The second kappa shape index (κ2) is 8.11. The Bertz CT molecular complexity index is 1170. The van der Waals surface area contributed by atoms with Crippen LogP contribution < -0.4 is 0 Å². The second-order valence-electron chi connectivity index (χ2n) is 6.76. The van der Waals surface area contributed by atoms with Crippen molar-refractivity contribution in [3.05, 3.63) is 110 Å². The molecule has 0 atom stereocenters. The molecule has 0 aliphatic carbocycles. The molecule has 0 spiro atoms. The van der Waals surface area contributed by atoms with E-state index in [1.807, 2.05) is 0 Å². The average Bonchev–Trinajstić information content (AvgIpc) is 3.03. The van der Waals surface area contributed by atoms with Gasteiger partial charge in [-0.3, -0.25) is 24.5 Å². The lowest BCUT2D eigenvalue weighted by molar-refractivity contribution is -0.384. The molecule has 3 amide bonds. The van der Waals surface area contributed by atoms with Crippen LogP contribution in [0.2, 0.25) is 0 Å². The summed E-state index contributed by atoms with van der Waals surface area (Å²) >= 11 is 3.35. The second-order valence-corrected chi connectivity index (χ2v) is 7.68. The Labute approximate surface area is 184 Å². The van der Waals surface area contributed by atoms with Crippen LogP contribution in [0.5, 0.6) is 0 Å². The van der Waals surface area contributed by atoms with Gasteiger partial charge in [-0.25, -0.2) is 5.01 Å². The minimum absolute atomic E-state index is 0.0471. The summed E-state index contributed by atoms with van der Waals surface area (Å²) in [4.78, 5) is 49.6. The molecule has 0 saturated carbocycles. The van der Waals surface area contributed by atoms with Gasteiger partial charge in [-0.1, -0.05) is 40.2 Å². The fourth-order valence-electron chi connectivity index (χ4n) is 3.27. The quantitative estimate of drug-likeness (QED) is 0.310.